The van der Waals surface area contributed by atoms with Crippen molar-refractivity contribution in [3.8, 4) is 0 Å². The molecule has 0 fully saturated rings. The lowest BCUT2D eigenvalue weighted by Crippen LogP contribution is -2.22. The molecule has 0 saturated heterocycles. The van der Waals surface area contributed by atoms with Gasteiger partial charge in [-0.3, -0.25) is 4.79 Å². The molecule has 0 aliphatic carbocycles. The molecular weight excluding hydrogens is 220 g/mol. The molecule has 0 rings (SSSR count). The standard InChI is InChI=1S/C2BrClFNO3/c3-6(5)1(7)2(8)9-4. The third kappa shape index (κ3) is 2.62. The molecule has 52 valence electrons. The Kier molecular flexibility index (Phi) is 3.48. The SMILES string of the molecule is O=C(OCl)C(=O)N(F)Br. The first-order chi connectivity index (χ1) is 4.09. The summed E-state index contributed by atoms with van der Waals surface area (Å²) in [4.78, 5) is 20.0. The number of nitrogens with zero attached hydrogens (tertiary/aromatic N) is 1. The molecule has 9 heavy (non-hydrogen) atoms. The molecule has 4 nitrogen and oxygen atoms in total. The van der Waals surface area contributed by atoms with Crippen LogP contribution in [0.5, 0.6) is 0 Å². The van der Waals surface area contributed by atoms with Crippen LogP contribution < -0.4 is 0 Å². The molecule has 1 amide bonds. The minimum Gasteiger partial charge on any atom is -0.339 e. The number of halogens is 3. The van der Waals surface area contributed by atoms with E-state index in [2.05, 4.69) is 16.2 Å². The van der Waals surface area contributed by atoms with Crippen molar-refractivity contribution in [2.45, 2.75) is 0 Å². The van der Waals surface area contributed by atoms with Crippen LogP contribution in [-0.2, 0) is 13.9 Å². The van der Waals surface area contributed by atoms with Crippen molar-refractivity contribution in [2.24, 2.45) is 0 Å². The summed E-state index contributed by atoms with van der Waals surface area (Å²) in [5, 5.41) is 0. The van der Waals surface area contributed by atoms with E-state index in [1.54, 1.807) is 0 Å². The van der Waals surface area contributed by atoms with Crippen LogP contribution in [0.2, 0.25) is 0 Å². The summed E-state index contributed by atoms with van der Waals surface area (Å²) in [6.45, 7) is 0. The van der Waals surface area contributed by atoms with Crippen molar-refractivity contribution < 1.29 is 18.4 Å². The Labute approximate surface area is 63.0 Å². The van der Waals surface area contributed by atoms with Crippen LogP contribution in [-0.4, -0.2) is 16.0 Å². The van der Waals surface area contributed by atoms with E-state index < -0.39 is 16.0 Å². The second kappa shape index (κ2) is 3.62. The number of hydrogen-bond acceptors (Lipinski definition) is 3. The molecule has 0 radical (unpaired) electrons. The zero-order valence-electron chi connectivity index (χ0n) is 3.81. The Morgan fingerprint density at radius 1 is 1.67 bits per heavy atom. The van der Waals surface area contributed by atoms with E-state index in [0.717, 1.165) is 0 Å². The largest absolute Gasteiger partial charge is 0.418 e. The fourth-order valence-electron chi connectivity index (χ4n) is 0.102. The predicted octanol–water partition coefficient (Wildman–Crippen LogP) is 0.706. The molecule has 0 heterocycles. The summed E-state index contributed by atoms with van der Waals surface area (Å²) in [5.74, 6) is -3.01. The maximum absolute atomic E-state index is 11.6. The van der Waals surface area contributed by atoms with Gasteiger partial charge in [0.05, 0.1) is 16.1 Å². The third-order valence-electron chi connectivity index (χ3n) is 0.398. The van der Waals surface area contributed by atoms with E-state index in [-0.39, 0.29) is 0 Å². The second-order valence-electron chi connectivity index (χ2n) is 0.903. The number of carbonyl (C=O) groups excluding carboxylic acids is 2. The lowest BCUT2D eigenvalue weighted by Gasteiger charge is -1.95. The summed E-state index contributed by atoms with van der Waals surface area (Å²) in [5.41, 5.74) is 0. The van der Waals surface area contributed by atoms with Crippen LogP contribution in [0.15, 0.2) is 0 Å². The Morgan fingerprint density at radius 2 is 2.11 bits per heavy atom. The van der Waals surface area contributed by atoms with E-state index in [1.165, 1.54) is 0 Å². The highest BCUT2D eigenvalue weighted by Crippen LogP contribution is 2.00. The van der Waals surface area contributed by atoms with Gasteiger partial charge in [-0.15, -0.1) is 0 Å². The molecule has 0 N–H and O–H groups in total. The number of carbonyl (C=O) groups is 2. The van der Waals surface area contributed by atoms with Crippen LogP contribution in [0, 0.1) is 0 Å². The molecule has 0 atom stereocenters. The van der Waals surface area contributed by atoms with Crippen molar-refractivity contribution in [1.82, 2.24) is 4.15 Å². The average molecular weight is 220 g/mol. The summed E-state index contributed by atoms with van der Waals surface area (Å²) in [7, 11) is 0. The zero-order valence-corrected chi connectivity index (χ0v) is 6.15. The summed E-state index contributed by atoms with van der Waals surface area (Å²) in [6, 6.07) is 0. The van der Waals surface area contributed by atoms with E-state index in [4.69, 9.17) is 0 Å². The van der Waals surface area contributed by atoms with Crippen molar-refractivity contribution >= 4 is 39.9 Å². The Balaban J connectivity index is 3.89. The Bertz CT molecular complexity index is 140. The van der Waals surface area contributed by atoms with E-state index in [1.807, 2.05) is 16.1 Å². The molecule has 0 bridgehead atoms. The van der Waals surface area contributed by atoms with E-state index >= 15 is 0 Å². The van der Waals surface area contributed by atoms with Crippen LogP contribution in [0.3, 0.4) is 0 Å². The Morgan fingerprint density at radius 3 is 2.22 bits per heavy atom. The minimum atomic E-state index is -1.52. The van der Waals surface area contributed by atoms with Gasteiger partial charge in [0.1, 0.15) is 11.9 Å². The first kappa shape index (κ1) is 8.64. The molecule has 7 heteroatoms. The third-order valence-corrected chi connectivity index (χ3v) is 0.860. The van der Waals surface area contributed by atoms with Gasteiger partial charge >= 0.3 is 11.9 Å². The smallest absolute Gasteiger partial charge is 0.339 e. The molecule has 0 aromatic carbocycles. The van der Waals surface area contributed by atoms with Gasteiger partial charge in [0.2, 0.25) is 0 Å². The van der Waals surface area contributed by atoms with Crippen LogP contribution in [0.4, 0.5) is 4.48 Å². The van der Waals surface area contributed by atoms with Crippen molar-refractivity contribution in [3.63, 3.8) is 0 Å². The monoisotopic (exact) mass is 219 g/mol. The number of rotatable bonds is 0. The fraction of sp³-hybridized carbons (Fsp3) is 0. The normalized spacial score (nSPS) is 8.33. The summed E-state index contributed by atoms with van der Waals surface area (Å²) >= 11 is 6.45. The van der Waals surface area contributed by atoms with Crippen molar-refractivity contribution in [3.05, 3.63) is 0 Å². The fourth-order valence-corrected chi connectivity index (χ4v) is 0.313. The lowest BCUT2D eigenvalue weighted by atomic mass is 10.7. The first-order valence-electron chi connectivity index (χ1n) is 1.58. The van der Waals surface area contributed by atoms with Gasteiger partial charge in [-0.25, -0.2) is 4.79 Å². The second-order valence-corrected chi connectivity index (χ2v) is 1.68. The van der Waals surface area contributed by atoms with Crippen LogP contribution in [0.1, 0.15) is 0 Å². The average Bonchev–Trinajstić information content (AvgIpc) is 1.84. The maximum Gasteiger partial charge on any atom is 0.418 e. The zero-order chi connectivity index (χ0) is 7.44. The molecular formula is C2BrClFNO3. The summed E-state index contributed by atoms with van der Waals surface area (Å²) < 4.78 is 14.3. The molecule has 0 saturated carbocycles. The topological polar surface area (TPSA) is 46.6 Å². The first-order valence-corrected chi connectivity index (χ1v) is 2.60. The van der Waals surface area contributed by atoms with Gasteiger partial charge in [-0.05, 0) is 0 Å². The van der Waals surface area contributed by atoms with Gasteiger partial charge in [0, 0.05) is 0 Å². The highest BCUT2D eigenvalue weighted by atomic mass is 79.9. The number of hydrogen-bond donors (Lipinski definition) is 0. The van der Waals surface area contributed by atoms with Crippen molar-refractivity contribution in [1.29, 1.82) is 0 Å². The van der Waals surface area contributed by atoms with Gasteiger partial charge in [0.15, 0.2) is 0 Å². The van der Waals surface area contributed by atoms with Gasteiger partial charge < -0.3 is 4.29 Å². The summed E-state index contributed by atoms with van der Waals surface area (Å²) in [6.07, 6.45) is 0. The highest BCUT2D eigenvalue weighted by molar-refractivity contribution is 9.07. The molecule has 0 aliphatic rings. The number of amides is 1. The Hall–Kier alpha value is -0.360. The van der Waals surface area contributed by atoms with Gasteiger partial charge in [-0.2, -0.15) is 0 Å². The maximum atomic E-state index is 11.6. The molecule has 0 aromatic heterocycles. The highest BCUT2D eigenvalue weighted by Gasteiger charge is 2.21. The van der Waals surface area contributed by atoms with E-state index in [0.29, 0.717) is 0 Å². The van der Waals surface area contributed by atoms with Crippen molar-refractivity contribution in [2.75, 3.05) is 0 Å². The molecule has 0 aliphatic heterocycles. The van der Waals surface area contributed by atoms with Crippen LogP contribution >= 0.6 is 28.0 Å². The minimum absolute atomic E-state index is 0.613. The molecule has 0 unspecified atom stereocenters. The lowest BCUT2D eigenvalue weighted by molar-refractivity contribution is -0.155. The van der Waals surface area contributed by atoms with Crippen LogP contribution in [0.25, 0.3) is 0 Å². The predicted molar refractivity (Wildman–Crippen MR) is 28.8 cm³/mol. The quantitative estimate of drug-likeness (QED) is 0.446. The molecule has 0 aromatic rings. The molecule has 0 spiro atoms. The van der Waals surface area contributed by atoms with Gasteiger partial charge in [-0.1, -0.05) is 8.63 Å². The van der Waals surface area contributed by atoms with E-state index in [9.17, 15) is 14.1 Å². The van der Waals surface area contributed by atoms with Gasteiger partial charge in [0.25, 0.3) is 0 Å².